The normalized spacial score (nSPS) is 12.4. The maximum absolute atomic E-state index is 10.4. The second-order valence-electron chi connectivity index (χ2n) is 8.84. The third-order valence-electron chi connectivity index (χ3n) is 5.89. The maximum atomic E-state index is 10.4. The molecule has 0 saturated carbocycles. The molecule has 0 spiro atoms. The summed E-state index contributed by atoms with van der Waals surface area (Å²) in [6.45, 7) is 4.72. The lowest BCUT2D eigenvalue weighted by molar-refractivity contribution is -0.137. The van der Waals surface area contributed by atoms with Crippen molar-refractivity contribution in [1.82, 2.24) is 0 Å². The Hall–Kier alpha value is -0.530. The van der Waals surface area contributed by atoms with Gasteiger partial charge in [-0.2, -0.15) is 0 Å². The molecule has 0 aromatic heterocycles. The maximum Gasteiger partial charge on any atom is 0.303 e. The van der Waals surface area contributed by atoms with E-state index in [1.807, 2.05) is 0 Å². The molecule has 0 aromatic rings. The average Bonchev–Trinajstić information content (AvgIpc) is 2.64. The first-order chi connectivity index (χ1) is 13.2. The van der Waals surface area contributed by atoms with E-state index in [0.717, 1.165) is 18.8 Å². The van der Waals surface area contributed by atoms with Crippen LogP contribution in [0, 0.1) is 5.92 Å². The topological polar surface area (TPSA) is 37.3 Å². The van der Waals surface area contributed by atoms with E-state index in [4.69, 9.17) is 5.11 Å². The molecule has 1 atom stereocenters. The Kier molecular flexibility index (Phi) is 21.3. The molecule has 1 unspecified atom stereocenters. The number of rotatable bonds is 22. The van der Waals surface area contributed by atoms with Crippen LogP contribution in [0.3, 0.4) is 0 Å². The van der Waals surface area contributed by atoms with Gasteiger partial charge in [0, 0.05) is 6.42 Å². The predicted molar refractivity (Wildman–Crippen MR) is 119 cm³/mol. The highest BCUT2D eigenvalue weighted by molar-refractivity contribution is 5.66. The first-order valence-corrected chi connectivity index (χ1v) is 12.4. The SMILES string of the molecule is CCCCCCCCCCCCCC(C)CCCCCCCCCC(=O)O. The Labute approximate surface area is 170 Å². The van der Waals surface area contributed by atoms with Gasteiger partial charge in [-0.05, 0) is 12.3 Å². The summed E-state index contributed by atoms with van der Waals surface area (Å²) in [6, 6.07) is 0. The Balaban J connectivity index is 3.15. The van der Waals surface area contributed by atoms with Gasteiger partial charge in [0.15, 0.2) is 0 Å². The van der Waals surface area contributed by atoms with Crippen molar-refractivity contribution in [3.8, 4) is 0 Å². The summed E-state index contributed by atoms with van der Waals surface area (Å²) >= 11 is 0. The van der Waals surface area contributed by atoms with Crippen molar-refractivity contribution >= 4 is 5.97 Å². The largest absolute Gasteiger partial charge is 0.481 e. The molecule has 27 heavy (non-hydrogen) atoms. The van der Waals surface area contributed by atoms with Gasteiger partial charge in [0.1, 0.15) is 0 Å². The smallest absolute Gasteiger partial charge is 0.303 e. The van der Waals surface area contributed by atoms with E-state index in [1.165, 1.54) is 116 Å². The van der Waals surface area contributed by atoms with Gasteiger partial charge in [0.25, 0.3) is 0 Å². The molecule has 0 aliphatic carbocycles. The Morgan fingerprint density at radius 2 is 0.926 bits per heavy atom. The summed E-state index contributed by atoms with van der Waals surface area (Å²) in [5, 5.41) is 8.60. The van der Waals surface area contributed by atoms with Crippen molar-refractivity contribution in [1.29, 1.82) is 0 Å². The Morgan fingerprint density at radius 1 is 0.593 bits per heavy atom. The van der Waals surface area contributed by atoms with Gasteiger partial charge in [-0.1, -0.05) is 136 Å². The molecule has 0 aromatic carbocycles. The third-order valence-corrected chi connectivity index (χ3v) is 5.89. The molecule has 0 amide bonds. The van der Waals surface area contributed by atoms with E-state index < -0.39 is 5.97 Å². The van der Waals surface area contributed by atoms with Gasteiger partial charge < -0.3 is 5.11 Å². The van der Waals surface area contributed by atoms with Gasteiger partial charge in [-0.25, -0.2) is 0 Å². The number of unbranched alkanes of at least 4 members (excludes halogenated alkanes) is 16. The fourth-order valence-corrected chi connectivity index (χ4v) is 3.95. The summed E-state index contributed by atoms with van der Waals surface area (Å²) in [5.74, 6) is 0.251. The second kappa shape index (κ2) is 21.8. The van der Waals surface area contributed by atoms with E-state index in [1.54, 1.807) is 0 Å². The first kappa shape index (κ1) is 26.5. The first-order valence-electron chi connectivity index (χ1n) is 12.4. The number of hydrogen-bond acceptors (Lipinski definition) is 1. The van der Waals surface area contributed by atoms with Crippen molar-refractivity contribution in [2.45, 2.75) is 149 Å². The standard InChI is InChI=1S/C25H50O2/c1-3-4-5-6-7-8-9-10-12-15-18-21-24(2)22-19-16-13-11-14-17-20-23-25(26)27/h24H,3-23H2,1-2H3,(H,26,27). The lowest BCUT2D eigenvalue weighted by Gasteiger charge is -2.11. The second-order valence-corrected chi connectivity index (χ2v) is 8.84. The molecule has 0 aliphatic heterocycles. The van der Waals surface area contributed by atoms with E-state index >= 15 is 0 Å². The highest BCUT2D eigenvalue weighted by Crippen LogP contribution is 2.19. The minimum absolute atomic E-state index is 0.344. The molecule has 0 aliphatic rings. The van der Waals surface area contributed by atoms with Crippen LogP contribution in [0.25, 0.3) is 0 Å². The fourth-order valence-electron chi connectivity index (χ4n) is 3.95. The molecule has 0 fully saturated rings. The molecule has 0 rings (SSSR count). The number of hydrogen-bond donors (Lipinski definition) is 1. The van der Waals surface area contributed by atoms with Gasteiger partial charge in [-0.15, -0.1) is 0 Å². The molecular weight excluding hydrogens is 332 g/mol. The van der Waals surface area contributed by atoms with Crippen LogP contribution in [0.1, 0.15) is 149 Å². The van der Waals surface area contributed by atoms with Crippen molar-refractivity contribution in [2.75, 3.05) is 0 Å². The van der Waals surface area contributed by atoms with E-state index in [0.29, 0.717) is 6.42 Å². The third kappa shape index (κ3) is 23.4. The molecule has 0 radical (unpaired) electrons. The lowest BCUT2D eigenvalue weighted by atomic mass is 9.95. The predicted octanol–water partition coefficient (Wildman–Crippen LogP) is 8.92. The summed E-state index contributed by atoms with van der Waals surface area (Å²) in [4.78, 5) is 10.4. The van der Waals surface area contributed by atoms with Gasteiger partial charge >= 0.3 is 5.97 Å². The molecule has 1 N–H and O–H groups in total. The monoisotopic (exact) mass is 382 g/mol. The molecule has 162 valence electrons. The van der Waals surface area contributed by atoms with Gasteiger partial charge in [-0.3, -0.25) is 4.79 Å². The van der Waals surface area contributed by atoms with Crippen LogP contribution in [0.2, 0.25) is 0 Å². The van der Waals surface area contributed by atoms with Crippen LogP contribution < -0.4 is 0 Å². The van der Waals surface area contributed by atoms with E-state index in [2.05, 4.69) is 13.8 Å². The summed E-state index contributed by atoms with van der Waals surface area (Å²) < 4.78 is 0. The molecule has 2 heteroatoms. The van der Waals surface area contributed by atoms with Gasteiger partial charge in [0.2, 0.25) is 0 Å². The highest BCUT2D eigenvalue weighted by Gasteiger charge is 2.02. The lowest BCUT2D eigenvalue weighted by Crippen LogP contribution is -1.95. The zero-order valence-electron chi connectivity index (χ0n) is 18.8. The molecular formula is C25H50O2. The van der Waals surface area contributed by atoms with Crippen LogP contribution >= 0.6 is 0 Å². The van der Waals surface area contributed by atoms with Gasteiger partial charge in [0.05, 0.1) is 0 Å². The minimum atomic E-state index is -0.651. The average molecular weight is 383 g/mol. The van der Waals surface area contributed by atoms with Crippen LogP contribution in [0.15, 0.2) is 0 Å². The quantitative estimate of drug-likeness (QED) is 0.190. The van der Waals surface area contributed by atoms with E-state index in [-0.39, 0.29) is 0 Å². The fraction of sp³-hybridized carbons (Fsp3) is 0.960. The van der Waals surface area contributed by atoms with Crippen molar-refractivity contribution in [2.24, 2.45) is 5.92 Å². The van der Waals surface area contributed by atoms with Crippen molar-refractivity contribution in [3.63, 3.8) is 0 Å². The highest BCUT2D eigenvalue weighted by atomic mass is 16.4. The summed E-state index contributed by atoms with van der Waals surface area (Å²) in [7, 11) is 0. The Morgan fingerprint density at radius 3 is 1.30 bits per heavy atom. The molecule has 2 nitrogen and oxygen atoms in total. The summed E-state index contributed by atoms with van der Waals surface area (Å²) in [5.41, 5.74) is 0. The molecule has 0 saturated heterocycles. The number of carboxylic acid groups (broad SMARTS) is 1. The Bertz CT molecular complexity index is 301. The number of carbonyl (C=O) groups is 1. The van der Waals surface area contributed by atoms with Crippen LogP contribution in [0.4, 0.5) is 0 Å². The van der Waals surface area contributed by atoms with E-state index in [9.17, 15) is 4.79 Å². The molecule has 0 heterocycles. The number of aliphatic carboxylic acids is 1. The molecule has 0 bridgehead atoms. The van der Waals surface area contributed by atoms with Crippen LogP contribution in [0.5, 0.6) is 0 Å². The van der Waals surface area contributed by atoms with Crippen LogP contribution in [-0.4, -0.2) is 11.1 Å². The number of carboxylic acids is 1. The zero-order chi connectivity index (χ0) is 20.0. The minimum Gasteiger partial charge on any atom is -0.481 e. The van der Waals surface area contributed by atoms with Crippen molar-refractivity contribution < 1.29 is 9.90 Å². The van der Waals surface area contributed by atoms with Crippen molar-refractivity contribution in [3.05, 3.63) is 0 Å². The summed E-state index contributed by atoms with van der Waals surface area (Å²) in [6.07, 6.45) is 27.5. The van der Waals surface area contributed by atoms with Crippen LogP contribution in [-0.2, 0) is 4.79 Å². The zero-order valence-corrected chi connectivity index (χ0v) is 18.8.